The maximum Gasteiger partial charge on any atom is 0.275 e. The number of nitrogens with one attached hydrogen (secondary N) is 1. The van der Waals surface area contributed by atoms with Crippen molar-refractivity contribution in [3.05, 3.63) is 87.9 Å². The molecule has 3 aromatic rings. The number of halogens is 4. The average molecular weight is 726 g/mol. The molecule has 160 valence electrons. The summed E-state index contributed by atoms with van der Waals surface area (Å²) in [6.45, 7) is 0.379. The minimum atomic E-state index is -0.363. The smallest absolute Gasteiger partial charge is 0.275 e. The Morgan fingerprint density at radius 1 is 1.16 bits per heavy atom. The van der Waals surface area contributed by atoms with Crippen LogP contribution in [0.25, 0.3) is 0 Å². The lowest BCUT2D eigenvalue weighted by molar-refractivity contribution is 0.0952. The standard InChI is InChI=1S/C22H16BrClI2N2O3/c1-30-20-7-6-15(23)10-16(20)22(29)28-27-11-13-8-18(25)21(19(26)9-13)31-12-14-4-2-3-5-17(14)24/h2-11H,12H2,1H3,(H,28,29)/b27-11-. The van der Waals surface area contributed by atoms with E-state index in [0.717, 1.165) is 28.5 Å². The quantitative estimate of drug-likeness (QED) is 0.169. The van der Waals surface area contributed by atoms with Crippen LogP contribution in [0.2, 0.25) is 5.02 Å². The number of carbonyl (C=O) groups is 1. The van der Waals surface area contributed by atoms with Crippen LogP contribution in [-0.2, 0) is 6.61 Å². The maximum absolute atomic E-state index is 12.4. The molecule has 0 saturated carbocycles. The van der Waals surface area contributed by atoms with Crippen molar-refractivity contribution in [2.24, 2.45) is 5.10 Å². The summed E-state index contributed by atoms with van der Waals surface area (Å²) in [5, 5.41) is 4.75. The number of carbonyl (C=O) groups excluding carboxylic acids is 1. The molecule has 0 aliphatic heterocycles. The van der Waals surface area contributed by atoms with Crippen LogP contribution in [0.1, 0.15) is 21.5 Å². The fourth-order valence-corrected chi connectivity index (χ4v) is 5.32. The molecule has 0 spiro atoms. The highest BCUT2D eigenvalue weighted by molar-refractivity contribution is 14.1. The van der Waals surface area contributed by atoms with Gasteiger partial charge in [-0.25, -0.2) is 5.43 Å². The minimum Gasteiger partial charge on any atom is -0.496 e. The summed E-state index contributed by atoms with van der Waals surface area (Å²) in [6, 6.07) is 16.7. The Labute approximate surface area is 221 Å². The number of hydrogen-bond acceptors (Lipinski definition) is 4. The monoisotopic (exact) mass is 724 g/mol. The van der Waals surface area contributed by atoms with Crippen molar-refractivity contribution in [3.8, 4) is 11.5 Å². The first-order valence-electron chi connectivity index (χ1n) is 8.91. The van der Waals surface area contributed by atoms with Crippen molar-refractivity contribution in [2.45, 2.75) is 6.61 Å². The van der Waals surface area contributed by atoms with Gasteiger partial charge in [-0.3, -0.25) is 4.79 Å². The Hall–Kier alpha value is -1.37. The van der Waals surface area contributed by atoms with E-state index in [1.54, 1.807) is 24.4 Å². The maximum atomic E-state index is 12.4. The van der Waals surface area contributed by atoms with E-state index in [9.17, 15) is 4.79 Å². The van der Waals surface area contributed by atoms with Crippen LogP contribution in [0.15, 0.2) is 64.2 Å². The van der Waals surface area contributed by atoms with Crippen molar-refractivity contribution in [2.75, 3.05) is 7.11 Å². The summed E-state index contributed by atoms with van der Waals surface area (Å²) in [7, 11) is 1.52. The van der Waals surface area contributed by atoms with Crippen molar-refractivity contribution in [1.82, 2.24) is 5.43 Å². The van der Waals surface area contributed by atoms with E-state index in [4.69, 9.17) is 21.1 Å². The van der Waals surface area contributed by atoms with E-state index in [-0.39, 0.29) is 5.91 Å². The molecule has 0 saturated heterocycles. The van der Waals surface area contributed by atoms with Gasteiger partial charge in [0.15, 0.2) is 0 Å². The van der Waals surface area contributed by atoms with Gasteiger partial charge in [0.1, 0.15) is 18.1 Å². The summed E-state index contributed by atoms with van der Waals surface area (Å²) in [4.78, 5) is 12.4. The van der Waals surface area contributed by atoms with Gasteiger partial charge in [0.2, 0.25) is 0 Å². The fraction of sp³-hybridized carbons (Fsp3) is 0.0909. The molecule has 0 fully saturated rings. The number of hydrazone groups is 1. The number of hydrogen-bond donors (Lipinski definition) is 1. The van der Waals surface area contributed by atoms with E-state index in [2.05, 4.69) is 71.6 Å². The first kappa shape index (κ1) is 24.3. The average Bonchev–Trinajstić information content (AvgIpc) is 2.74. The molecule has 0 aromatic heterocycles. The Morgan fingerprint density at radius 3 is 2.55 bits per heavy atom. The molecular formula is C22H16BrClI2N2O3. The third kappa shape index (κ3) is 6.56. The molecule has 3 rings (SSSR count). The zero-order valence-electron chi connectivity index (χ0n) is 16.2. The molecule has 1 N–H and O–H groups in total. The van der Waals surface area contributed by atoms with E-state index >= 15 is 0 Å². The number of rotatable bonds is 7. The molecule has 0 aliphatic rings. The van der Waals surface area contributed by atoms with E-state index in [1.165, 1.54) is 7.11 Å². The molecule has 31 heavy (non-hydrogen) atoms. The van der Waals surface area contributed by atoms with Gasteiger partial charge in [-0.2, -0.15) is 5.10 Å². The van der Waals surface area contributed by atoms with Gasteiger partial charge in [0.05, 0.1) is 26.0 Å². The van der Waals surface area contributed by atoms with Gasteiger partial charge >= 0.3 is 0 Å². The third-order valence-corrected chi connectivity index (χ3v) is 6.60. The zero-order valence-corrected chi connectivity index (χ0v) is 22.8. The molecule has 0 atom stereocenters. The summed E-state index contributed by atoms with van der Waals surface area (Å²) in [5.41, 5.74) is 4.68. The fourth-order valence-electron chi connectivity index (χ4n) is 2.64. The summed E-state index contributed by atoms with van der Waals surface area (Å²) >= 11 is 14.0. The lowest BCUT2D eigenvalue weighted by Crippen LogP contribution is -2.18. The molecule has 0 unspecified atom stereocenters. The lowest BCUT2D eigenvalue weighted by atomic mass is 10.2. The second kappa shape index (κ2) is 11.5. The Kier molecular flexibility index (Phi) is 8.99. The number of ether oxygens (including phenoxy) is 2. The van der Waals surface area contributed by atoms with Gasteiger partial charge in [-0.15, -0.1) is 0 Å². The Morgan fingerprint density at radius 2 is 1.87 bits per heavy atom. The van der Waals surface area contributed by atoms with Crippen LogP contribution in [0.5, 0.6) is 11.5 Å². The lowest BCUT2D eigenvalue weighted by Gasteiger charge is -2.12. The predicted molar refractivity (Wildman–Crippen MR) is 143 cm³/mol. The van der Waals surface area contributed by atoms with Crippen LogP contribution >= 0.6 is 72.7 Å². The molecule has 0 heterocycles. The van der Waals surface area contributed by atoms with Crippen LogP contribution < -0.4 is 14.9 Å². The van der Waals surface area contributed by atoms with Gasteiger partial charge in [0.25, 0.3) is 5.91 Å². The molecule has 0 aliphatic carbocycles. The first-order chi connectivity index (χ1) is 14.9. The second-order valence-electron chi connectivity index (χ2n) is 6.24. The normalized spacial score (nSPS) is 10.9. The van der Waals surface area contributed by atoms with Crippen LogP contribution in [0.4, 0.5) is 0 Å². The highest BCUT2D eigenvalue weighted by Crippen LogP contribution is 2.30. The molecule has 3 aromatic carbocycles. The molecular weight excluding hydrogens is 709 g/mol. The van der Waals surface area contributed by atoms with Gasteiger partial charge in [0, 0.05) is 15.1 Å². The van der Waals surface area contributed by atoms with Crippen LogP contribution in [-0.4, -0.2) is 19.2 Å². The minimum absolute atomic E-state index is 0.363. The number of benzene rings is 3. The van der Waals surface area contributed by atoms with E-state index in [1.807, 2.05) is 36.4 Å². The second-order valence-corrected chi connectivity index (χ2v) is 9.88. The molecule has 0 bridgehead atoms. The topological polar surface area (TPSA) is 59.9 Å². The Balaban J connectivity index is 1.69. The Bertz CT molecular complexity index is 1120. The summed E-state index contributed by atoms with van der Waals surface area (Å²) in [5.74, 6) is 0.889. The number of nitrogens with zero attached hydrogens (tertiary/aromatic N) is 1. The highest BCUT2D eigenvalue weighted by Gasteiger charge is 2.13. The summed E-state index contributed by atoms with van der Waals surface area (Å²) < 4.78 is 13.9. The largest absolute Gasteiger partial charge is 0.496 e. The van der Waals surface area contributed by atoms with Crippen molar-refractivity contribution in [3.63, 3.8) is 0 Å². The van der Waals surface area contributed by atoms with Gasteiger partial charge < -0.3 is 9.47 Å². The van der Waals surface area contributed by atoms with Crippen LogP contribution in [0, 0.1) is 7.14 Å². The third-order valence-electron chi connectivity index (χ3n) is 4.14. The molecule has 5 nitrogen and oxygen atoms in total. The predicted octanol–water partition coefficient (Wildman–Crippen LogP) is 6.66. The molecule has 1 amide bonds. The van der Waals surface area contributed by atoms with E-state index in [0.29, 0.717) is 22.9 Å². The first-order valence-corrected chi connectivity index (χ1v) is 12.2. The SMILES string of the molecule is COc1ccc(Br)cc1C(=O)N/N=C\c1cc(I)c(OCc2ccccc2Cl)c(I)c1. The zero-order chi connectivity index (χ0) is 22.4. The van der Waals surface area contributed by atoms with Crippen molar-refractivity contribution in [1.29, 1.82) is 0 Å². The summed E-state index contributed by atoms with van der Waals surface area (Å²) in [6.07, 6.45) is 1.59. The van der Waals surface area contributed by atoms with Crippen LogP contribution in [0.3, 0.4) is 0 Å². The van der Waals surface area contributed by atoms with Crippen molar-refractivity contribution < 1.29 is 14.3 Å². The molecule has 9 heteroatoms. The van der Waals surface area contributed by atoms with Crippen molar-refractivity contribution >= 4 is 84.8 Å². The molecule has 0 radical (unpaired) electrons. The number of methoxy groups -OCH3 is 1. The number of amides is 1. The van der Waals surface area contributed by atoms with Gasteiger partial charge in [-0.05, 0) is 87.1 Å². The van der Waals surface area contributed by atoms with Gasteiger partial charge in [-0.1, -0.05) is 45.7 Å². The van der Waals surface area contributed by atoms with E-state index < -0.39 is 0 Å². The highest BCUT2D eigenvalue weighted by atomic mass is 127.